The van der Waals surface area contributed by atoms with Gasteiger partial charge in [-0.15, -0.1) is 15.3 Å². The van der Waals surface area contributed by atoms with Gasteiger partial charge in [0.15, 0.2) is 10.8 Å². The molecule has 11 heteroatoms. The van der Waals surface area contributed by atoms with Gasteiger partial charge in [-0.3, -0.25) is 4.79 Å². The molecule has 2 aromatic carbocycles. The average molecular weight is 524 g/mol. The third kappa shape index (κ3) is 4.02. The summed E-state index contributed by atoms with van der Waals surface area (Å²) in [5.41, 5.74) is 1.25. The molecule has 0 aliphatic carbocycles. The molecule has 0 amide bonds. The molecule has 5 aromatic rings. The summed E-state index contributed by atoms with van der Waals surface area (Å²) in [5, 5.41) is 15.1. The minimum Gasteiger partial charge on any atom is -0.453 e. The lowest BCUT2D eigenvalue weighted by Gasteiger charge is -2.03. The van der Waals surface area contributed by atoms with Crippen molar-refractivity contribution in [1.29, 1.82) is 0 Å². The Morgan fingerprint density at radius 2 is 1.59 bits per heavy atom. The Balaban J connectivity index is 1.50. The van der Waals surface area contributed by atoms with Gasteiger partial charge in [0, 0.05) is 27.1 Å². The molecule has 0 bridgehead atoms. The largest absolute Gasteiger partial charge is 0.453 e. The fourth-order valence-electron chi connectivity index (χ4n) is 3.09. The van der Waals surface area contributed by atoms with Crippen molar-refractivity contribution in [1.82, 2.24) is 19.8 Å². The summed E-state index contributed by atoms with van der Waals surface area (Å²) in [5.74, 6) is 1.03. The molecule has 3 heterocycles. The lowest BCUT2D eigenvalue weighted by Crippen LogP contribution is -2.22. The van der Waals surface area contributed by atoms with Crippen LogP contribution >= 0.6 is 57.7 Å². The van der Waals surface area contributed by atoms with Crippen molar-refractivity contribution in [3.8, 4) is 22.1 Å². The average Bonchev–Trinajstić information content (AvgIpc) is 3.39. The highest BCUT2D eigenvalue weighted by Gasteiger charge is 2.17. The first-order valence-electron chi connectivity index (χ1n) is 9.14. The van der Waals surface area contributed by atoms with E-state index in [1.807, 2.05) is 0 Å². The second-order valence-electron chi connectivity index (χ2n) is 6.75. The van der Waals surface area contributed by atoms with Gasteiger partial charge in [-0.05, 0) is 48.0 Å². The fourth-order valence-corrected chi connectivity index (χ4v) is 4.86. The van der Waals surface area contributed by atoms with E-state index < -0.39 is 0 Å². The zero-order chi connectivity index (χ0) is 22.4. The molecule has 32 heavy (non-hydrogen) atoms. The summed E-state index contributed by atoms with van der Waals surface area (Å²) < 4.78 is 7.14. The molecule has 0 saturated heterocycles. The van der Waals surface area contributed by atoms with E-state index in [-0.39, 0.29) is 17.7 Å². The van der Waals surface area contributed by atoms with Crippen molar-refractivity contribution in [2.24, 2.45) is 0 Å². The van der Waals surface area contributed by atoms with Crippen LogP contribution in [0.2, 0.25) is 20.1 Å². The van der Waals surface area contributed by atoms with Crippen LogP contribution in [0.15, 0.2) is 57.7 Å². The van der Waals surface area contributed by atoms with Crippen LogP contribution in [0.5, 0.6) is 0 Å². The van der Waals surface area contributed by atoms with Crippen molar-refractivity contribution in [3.63, 3.8) is 0 Å². The summed E-state index contributed by atoms with van der Waals surface area (Å²) in [6.45, 7) is 0. The molecule has 160 valence electrons. The van der Waals surface area contributed by atoms with Crippen molar-refractivity contribution in [3.05, 3.63) is 90.2 Å². The first-order valence-corrected chi connectivity index (χ1v) is 11.5. The summed E-state index contributed by atoms with van der Waals surface area (Å²) in [6, 6.07) is 13.7. The van der Waals surface area contributed by atoms with Gasteiger partial charge < -0.3 is 4.42 Å². The molecule has 0 radical (unpaired) electrons. The van der Waals surface area contributed by atoms with Gasteiger partial charge in [0.1, 0.15) is 11.5 Å². The van der Waals surface area contributed by atoms with E-state index in [1.54, 1.807) is 48.5 Å². The third-order valence-electron chi connectivity index (χ3n) is 4.64. The molecule has 0 aliphatic rings. The molecule has 5 rings (SSSR count). The van der Waals surface area contributed by atoms with Crippen LogP contribution in [0.4, 0.5) is 0 Å². The molecule has 0 unspecified atom stereocenters. The van der Waals surface area contributed by atoms with Crippen molar-refractivity contribution in [2.75, 3.05) is 0 Å². The van der Waals surface area contributed by atoms with E-state index in [1.165, 1.54) is 15.9 Å². The fraction of sp³-hybridized carbons (Fsp3) is 0.0476. The Kier molecular flexibility index (Phi) is 5.69. The lowest BCUT2D eigenvalue weighted by molar-refractivity contribution is 0.595. The van der Waals surface area contributed by atoms with Crippen molar-refractivity contribution >= 4 is 62.7 Å². The minimum atomic E-state index is -0.379. The van der Waals surface area contributed by atoms with Gasteiger partial charge >= 0.3 is 0 Å². The predicted molar refractivity (Wildman–Crippen MR) is 127 cm³/mol. The molecule has 0 fully saturated rings. The van der Waals surface area contributed by atoms with Crippen LogP contribution in [0.1, 0.15) is 11.3 Å². The minimum absolute atomic E-state index is 0.206. The van der Waals surface area contributed by atoms with E-state index >= 15 is 0 Å². The Bertz CT molecular complexity index is 1540. The molecule has 0 spiro atoms. The zero-order valence-electron chi connectivity index (χ0n) is 15.9. The monoisotopic (exact) mass is 522 g/mol. The highest BCUT2D eigenvalue weighted by atomic mass is 35.5. The van der Waals surface area contributed by atoms with Gasteiger partial charge in [-0.2, -0.15) is 4.52 Å². The molecule has 3 aromatic heterocycles. The van der Waals surface area contributed by atoms with Gasteiger partial charge in [-0.1, -0.05) is 63.8 Å². The van der Waals surface area contributed by atoms with Crippen LogP contribution in [0, 0.1) is 0 Å². The Morgan fingerprint density at radius 1 is 0.875 bits per heavy atom. The van der Waals surface area contributed by atoms with E-state index in [0.29, 0.717) is 52.7 Å². The number of aromatic nitrogens is 4. The second-order valence-corrected chi connectivity index (χ2v) is 9.40. The van der Waals surface area contributed by atoms with Gasteiger partial charge in [0.2, 0.25) is 4.96 Å². The second kappa shape index (κ2) is 8.50. The van der Waals surface area contributed by atoms with Crippen LogP contribution in [0.3, 0.4) is 0 Å². The van der Waals surface area contributed by atoms with E-state index in [9.17, 15) is 4.79 Å². The molecule has 0 aliphatic heterocycles. The number of hydrogen-bond acceptors (Lipinski definition) is 6. The molecule has 0 N–H and O–H groups in total. The summed E-state index contributed by atoms with van der Waals surface area (Å²) >= 11 is 25.6. The smallest absolute Gasteiger partial charge is 0.297 e. The first-order chi connectivity index (χ1) is 15.4. The maximum atomic E-state index is 12.9. The maximum Gasteiger partial charge on any atom is 0.297 e. The Hall–Kier alpha value is -2.42. The quantitative estimate of drug-likeness (QED) is 0.263. The number of nitrogens with zero attached hydrogens (tertiary/aromatic N) is 4. The number of hydrogen-bond donors (Lipinski definition) is 0. The number of furan rings is 1. The summed E-state index contributed by atoms with van der Waals surface area (Å²) in [7, 11) is 0. The van der Waals surface area contributed by atoms with Gasteiger partial charge in [0.05, 0.1) is 5.02 Å². The normalized spacial score (nSPS) is 11.4. The summed E-state index contributed by atoms with van der Waals surface area (Å²) in [6.07, 6.45) is 0.206. The SMILES string of the molecule is O=c1c(Cc2ccc(Cl)cc2Cl)nnc2sc(-c3ccc(-c4ccc(Cl)cc4Cl)o3)nn12. The topological polar surface area (TPSA) is 73.3 Å². The molecular weight excluding hydrogens is 514 g/mol. The number of fused-ring (bicyclic) bond motifs is 1. The Morgan fingerprint density at radius 3 is 2.34 bits per heavy atom. The highest BCUT2D eigenvalue weighted by molar-refractivity contribution is 7.19. The molecule has 6 nitrogen and oxygen atoms in total. The number of rotatable bonds is 4. The van der Waals surface area contributed by atoms with Gasteiger partial charge in [0.25, 0.3) is 5.56 Å². The van der Waals surface area contributed by atoms with Gasteiger partial charge in [-0.25, -0.2) is 0 Å². The van der Waals surface area contributed by atoms with Crippen molar-refractivity contribution < 1.29 is 4.42 Å². The Labute approximate surface area is 205 Å². The zero-order valence-corrected chi connectivity index (χ0v) is 19.7. The molecular formula is C21H10Cl4N4O2S. The number of halogens is 4. The third-order valence-corrected chi connectivity index (χ3v) is 6.69. The van der Waals surface area contributed by atoms with Crippen LogP contribution in [-0.4, -0.2) is 19.8 Å². The van der Waals surface area contributed by atoms with Crippen LogP contribution in [0.25, 0.3) is 27.1 Å². The first kappa shape index (κ1) is 21.4. The standard InChI is InChI=1S/C21H10Cl4N4O2S/c22-11-2-1-10(14(24)8-11)7-16-20(30)29-21(27-26-16)32-19(28-29)18-6-5-17(31-18)13-4-3-12(23)9-15(13)25/h1-6,8-9H,7H2. The van der Waals surface area contributed by atoms with E-state index in [2.05, 4.69) is 15.3 Å². The van der Waals surface area contributed by atoms with Crippen LogP contribution in [-0.2, 0) is 6.42 Å². The summed E-state index contributed by atoms with van der Waals surface area (Å²) in [4.78, 5) is 13.3. The maximum absolute atomic E-state index is 12.9. The molecule has 0 atom stereocenters. The van der Waals surface area contributed by atoms with Crippen LogP contribution < -0.4 is 5.56 Å². The predicted octanol–water partition coefficient (Wildman–Crippen LogP) is 6.68. The van der Waals surface area contributed by atoms with Crippen molar-refractivity contribution in [2.45, 2.75) is 6.42 Å². The van der Waals surface area contributed by atoms with E-state index in [4.69, 9.17) is 50.8 Å². The number of benzene rings is 2. The van der Waals surface area contributed by atoms with E-state index in [0.717, 1.165) is 0 Å². The molecule has 0 saturated carbocycles. The lowest BCUT2D eigenvalue weighted by atomic mass is 10.1. The highest BCUT2D eigenvalue weighted by Crippen LogP contribution is 2.35.